The molecule has 3 N–H and O–H groups in total. The fourth-order valence-corrected chi connectivity index (χ4v) is 1.05. The summed E-state index contributed by atoms with van der Waals surface area (Å²) in [5.74, 6) is 0.108. The van der Waals surface area contributed by atoms with Crippen molar-refractivity contribution in [3.05, 3.63) is 0 Å². The Morgan fingerprint density at radius 1 is 1.73 bits per heavy atom. The number of nitrogens with two attached hydrogens (primary N) is 1. The molecule has 0 rings (SSSR count). The average Bonchev–Trinajstić information content (AvgIpc) is 1.88. The second-order valence-electron chi connectivity index (χ2n) is 2.48. The number of hydrogen-bond acceptors (Lipinski definition) is 2. The maximum Gasteiger partial charge on any atom is 0.188 e. The van der Waals surface area contributed by atoms with Crippen LogP contribution in [0.1, 0.15) is 13.8 Å². The first-order valence-corrected chi connectivity index (χ1v) is 3.73. The van der Waals surface area contributed by atoms with Gasteiger partial charge < -0.3 is 15.4 Å². The van der Waals surface area contributed by atoms with E-state index in [-0.39, 0.29) is 12.0 Å². The predicted octanol–water partition coefficient (Wildman–Crippen LogP) is 0.237. The van der Waals surface area contributed by atoms with Crippen molar-refractivity contribution in [1.82, 2.24) is 4.90 Å². The lowest BCUT2D eigenvalue weighted by molar-refractivity contribution is 0.137. The Bertz CT molecular complexity index is 127. The highest BCUT2D eigenvalue weighted by Gasteiger charge is 2.11. The van der Waals surface area contributed by atoms with Crippen molar-refractivity contribution in [2.75, 3.05) is 20.3 Å². The highest BCUT2D eigenvalue weighted by Crippen LogP contribution is 1.96. The van der Waals surface area contributed by atoms with Crippen molar-refractivity contribution in [2.24, 2.45) is 5.73 Å². The highest BCUT2D eigenvalue weighted by molar-refractivity contribution is 5.74. The molecule has 0 aliphatic rings. The zero-order chi connectivity index (χ0) is 8.85. The third-order valence-corrected chi connectivity index (χ3v) is 1.59. The molecule has 4 nitrogen and oxygen atoms in total. The maximum absolute atomic E-state index is 7.21. The molecule has 0 bridgehead atoms. The van der Waals surface area contributed by atoms with Crippen LogP contribution in [0.3, 0.4) is 0 Å². The normalized spacial score (nSPS) is 12.6. The molecule has 0 spiro atoms. The van der Waals surface area contributed by atoms with E-state index in [0.717, 1.165) is 6.54 Å². The SMILES string of the molecule is CCN(C(=N)N)C(C)COC. The number of nitrogens with one attached hydrogen (secondary N) is 1. The van der Waals surface area contributed by atoms with Crippen LogP contribution in [0, 0.1) is 5.41 Å². The minimum Gasteiger partial charge on any atom is -0.383 e. The molecule has 0 aliphatic carbocycles. The third-order valence-electron chi connectivity index (χ3n) is 1.59. The number of guanidine groups is 1. The summed E-state index contributed by atoms with van der Waals surface area (Å²) in [4.78, 5) is 1.78. The van der Waals surface area contributed by atoms with Gasteiger partial charge in [0.25, 0.3) is 0 Å². The van der Waals surface area contributed by atoms with Gasteiger partial charge in [0.2, 0.25) is 0 Å². The molecule has 0 aliphatic heterocycles. The first-order valence-electron chi connectivity index (χ1n) is 3.73. The van der Waals surface area contributed by atoms with E-state index in [2.05, 4.69) is 0 Å². The molecule has 0 aromatic rings. The number of hydrogen-bond donors (Lipinski definition) is 2. The summed E-state index contributed by atoms with van der Waals surface area (Å²) in [6.07, 6.45) is 0. The largest absolute Gasteiger partial charge is 0.383 e. The molecule has 1 unspecified atom stereocenters. The van der Waals surface area contributed by atoms with Gasteiger partial charge in [-0.2, -0.15) is 0 Å². The Morgan fingerprint density at radius 3 is 2.55 bits per heavy atom. The Balaban J connectivity index is 3.91. The van der Waals surface area contributed by atoms with E-state index in [0.29, 0.717) is 6.61 Å². The van der Waals surface area contributed by atoms with Crippen LogP contribution in [0.15, 0.2) is 0 Å². The molecule has 0 heterocycles. The summed E-state index contributed by atoms with van der Waals surface area (Å²) in [5.41, 5.74) is 5.33. The molecule has 11 heavy (non-hydrogen) atoms. The van der Waals surface area contributed by atoms with Crippen molar-refractivity contribution < 1.29 is 4.74 Å². The Kier molecular flexibility index (Phi) is 4.61. The lowest BCUT2D eigenvalue weighted by atomic mass is 10.3. The molecular weight excluding hydrogens is 142 g/mol. The minimum absolute atomic E-state index is 0.108. The van der Waals surface area contributed by atoms with Crippen LogP contribution in [0.2, 0.25) is 0 Å². The second kappa shape index (κ2) is 4.96. The maximum atomic E-state index is 7.21. The van der Waals surface area contributed by atoms with Gasteiger partial charge in [0.05, 0.1) is 12.6 Å². The number of methoxy groups -OCH3 is 1. The van der Waals surface area contributed by atoms with E-state index in [9.17, 15) is 0 Å². The van der Waals surface area contributed by atoms with E-state index in [1.54, 1.807) is 12.0 Å². The van der Waals surface area contributed by atoms with Crippen LogP contribution < -0.4 is 5.73 Å². The molecule has 0 amide bonds. The van der Waals surface area contributed by atoms with Crippen molar-refractivity contribution in [1.29, 1.82) is 5.41 Å². The van der Waals surface area contributed by atoms with Crippen LogP contribution in [0.25, 0.3) is 0 Å². The van der Waals surface area contributed by atoms with Gasteiger partial charge in [-0.1, -0.05) is 0 Å². The molecular formula is C7H17N3O. The number of likely N-dealkylation sites (N-methyl/N-ethyl adjacent to an activating group) is 1. The van der Waals surface area contributed by atoms with Crippen LogP contribution in [0.5, 0.6) is 0 Å². The highest BCUT2D eigenvalue weighted by atomic mass is 16.5. The molecule has 0 fully saturated rings. The Labute approximate surface area is 67.8 Å². The van der Waals surface area contributed by atoms with Crippen molar-refractivity contribution in [3.63, 3.8) is 0 Å². The van der Waals surface area contributed by atoms with Crippen LogP contribution >= 0.6 is 0 Å². The summed E-state index contributed by atoms with van der Waals surface area (Å²) in [7, 11) is 1.64. The fourth-order valence-electron chi connectivity index (χ4n) is 1.05. The van der Waals surface area contributed by atoms with Gasteiger partial charge in [-0.25, -0.2) is 0 Å². The van der Waals surface area contributed by atoms with Gasteiger partial charge >= 0.3 is 0 Å². The topological polar surface area (TPSA) is 62.3 Å². The lowest BCUT2D eigenvalue weighted by Gasteiger charge is -2.27. The zero-order valence-corrected chi connectivity index (χ0v) is 7.42. The Morgan fingerprint density at radius 2 is 2.27 bits per heavy atom. The van der Waals surface area contributed by atoms with Gasteiger partial charge in [-0.15, -0.1) is 0 Å². The number of rotatable bonds is 4. The van der Waals surface area contributed by atoms with Crippen LogP contribution in [0.4, 0.5) is 0 Å². The summed E-state index contributed by atoms with van der Waals surface area (Å²) >= 11 is 0. The van der Waals surface area contributed by atoms with Gasteiger partial charge in [-0.05, 0) is 13.8 Å². The number of nitrogens with zero attached hydrogens (tertiary/aromatic N) is 1. The standard InChI is InChI=1S/C7H17N3O/c1-4-10(7(8)9)6(2)5-11-3/h6H,4-5H2,1-3H3,(H3,8,9). The van der Waals surface area contributed by atoms with Crippen molar-refractivity contribution >= 4 is 5.96 Å². The fraction of sp³-hybridized carbons (Fsp3) is 0.857. The Hall–Kier alpha value is -0.770. The molecule has 4 heteroatoms. The van der Waals surface area contributed by atoms with Gasteiger partial charge in [0.15, 0.2) is 5.96 Å². The molecule has 0 radical (unpaired) electrons. The third kappa shape index (κ3) is 3.23. The summed E-state index contributed by atoms with van der Waals surface area (Å²) in [6.45, 7) is 5.30. The first-order chi connectivity index (χ1) is 5.13. The first kappa shape index (κ1) is 10.2. The molecule has 1 atom stereocenters. The summed E-state index contributed by atoms with van der Waals surface area (Å²) in [6, 6.07) is 0.183. The van der Waals surface area contributed by atoms with E-state index in [1.165, 1.54) is 0 Å². The van der Waals surface area contributed by atoms with Crippen LogP contribution in [-0.4, -0.2) is 37.2 Å². The molecule has 0 saturated carbocycles. The van der Waals surface area contributed by atoms with E-state index in [4.69, 9.17) is 15.9 Å². The smallest absolute Gasteiger partial charge is 0.188 e. The molecule has 0 aromatic heterocycles. The van der Waals surface area contributed by atoms with E-state index in [1.807, 2.05) is 13.8 Å². The lowest BCUT2D eigenvalue weighted by Crippen LogP contribution is -2.44. The zero-order valence-electron chi connectivity index (χ0n) is 7.42. The quantitative estimate of drug-likeness (QED) is 0.456. The van der Waals surface area contributed by atoms with E-state index < -0.39 is 0 Å². The average molecular weight is 159 g/mol. The minimum atomic E-state index is 0.108. The monoisotopic (exact) mass is 159 g/mol. The molecule has 66 valence electrons. The summed E-state index contributed by atoms with van der Waals surface area (Å²) in [5, 5.41) is 7.21. The summed E-state index contributed by atoms with van der Waals surface area (Å²) < 4.78 is 4.94. The van der Waals surface area contributed by atoms with Crippen molar-refractivity contribution in [2.45, 2.75) is 19.9 Å². The van der Waals surface area contributed by atoms with E-state index >= 15 is 0 Å². The van der Waals surface area contributed by atoms with Gasteiger partial charge in [0, 0.05) is 13.7 Å². The predicted molar refractivity (Wildman–Crippen MR) is 45.6 cm³/mol. The number of ether oxygens (including phenoxy) is 1. The van der Waals surface area contributed by atoms with Crippen molar-refractivity contribution in [3.8, 4) is 0 Å². The second-order valence-corrected chi connectivity index (χ2v) is 2.48. The van der Waals surface area contributed by atoms with Gasteiger partial charge in [0.1, 0.15) is 0 Å². The molecule has 0 aromatic carbocycles. The molecule has 0 saturated heterocycles. The van der Waals surface area contributed by atoms with Crippen LogP contribution in [-0.2, 0) is 4.74 Å². The van der Waals surface area contributed by atoms with Gasteiger partial charge in [-0.3, -0.25) is 5.41 Å².